The molecule has 0 aliphatic rings. The third-order valence-electron chi connectivity index (χ3n) is 5.75. The zero-order valence-corrected chi connectivity index (χ0v) is 21.6. The number of aromatic hydroxyl groups is 1. The van der Waals surface area contributed by atoms with E-state index in [9.17, 15) is 31.5 Å². The summed E-state index contributed by atoms with van der Waals surface area (Å²) >= 11 is 5.97. The molecule has 198 valence electrons. The van der Waals surface area contributed by atoms with Gasteiger partial charge >= 0.3 is 6.18 Å². The summed E-state index contributed by atoms with van der Waals surface area (Å²) in [7, 11) is -2.43. The number of amides is 1. The number of nitrogens with zero attached hydrogens (tertiary/aromatic N) is 3. The normalized spacial score (nSPS) is 11.9. The quantitative estimate of drug-likeness (QED) is 0.324. The van der Waals surface area contributed by atoms with Gasteiger partial charge in [-0.15, -0.1) is 0 Å². The molecule has 38 heavy (non-hydrogen) atoms. The Morgan fingerprint density at radius 2 is 1.74 bits per heavy atom. The van der Waals surface area contributed by atoms with E-state index in [1.807, 2.05) is 0 Å². The lowest BCUT2D eigenvalue weighted by Gasteiger charge is -2.24. The van der Waals surface area contributed by atoms with E-state index in [0.717, 1.165) is 19.4 Å². The number of hydrogen-bond acceptors (Lipinski definition) is 5. The van der Waals surface area contributed by atoms with E-state index in [-0.39, 0.29) is 33.9 Å². The van der Waals surface area contributed by atoms with Gasteiger partial charge in [-0.3, -0.25) is 9.48 Å². The van der Waals surface area contributed by atoms with Gasteiger partial charge in [-0.25, -0.2) is 8.42 Å². The minimum absolute atomic E-state index is 0.0275. The summed E-state index contributed by atoms with van der Waals surface area (Å²) in [5.41, 5.74) is -0.0440. The van der Waals surface area contributed by atoms with Crippen molar-refractivity contribution >= 4 is 33.0 Å². The second kappa shape index (κ2) is 10.1. The van der Waals surface area contributed by atoms with E-state index in [2.05, 4.69) is 5.10 Å². The summed E-state index contributed by atoms with van der Waals surface area (Å²) in [4.78, 5) is 14.9. The lowest BCUT2D eigenvalue weighted by molar-refractivity contribution is -0.143. The third-order valence-corrected chi connectivity index (χ3v) is 7.11. The van der Waals surface area contributed by atoms with Crippen LogP contribution in [0.5, 0.6) is 5.75 Å². The van der Waals surface area contributed by atoms with Crippen molar-refractivity contribution in [2.75, 3.05) is 11.2 Å². The average molecular weight is 564 g/mol. The SMILES string of the molecule is Cn1nc(-c2ccc(N(Cc3ccc(Cl)cc3)C(=O)c3cccc(S(C)(=O)=O)c3)cc2O)cc1C(F)(F)F. The van der Waals surface area contributed by atoms with E-state index in [1.54, 1.807) is 24.3 Å². The molecular weight excluding hydrogens is 543 g/mol. The highest BCUT2D eigenvalue weighted by Gasteiger charge is 2.35. The van der Waals surface area contributed by atoms with Crippen LogP contribution in [0.4, 0.5) is 18.9 Å². The first-order valence-corrected chi connectivity index (χ1v) is 13.3. The number of carbonyl (C=O) groups is 1. The lowest BCUT2D eigenvalue weighted by atomic mass is 10.1. The molecule has 4 rings (SSSR count). The molecule has 0 radical (unpaired) electrons. The summed E-state index contributed by atoms with van der Waals surface area (Å²) in [5, 5.41) is 15.1. The Morgan fingerprint density at radius 1 is 1.05 bits per heavy atom. The van der Waals surface area contributed by atoms with Crippen LogP contribution in [0, 0.1) is 0 Å². The Balaban J connectivity index is 1.76. The van der Waals surface area contributed by atoms with Crippen LogP contribution in [0.2, 0.25) is 5.02 Å². The van der Waals surface area contributed by atoms with Crippen molar-refractivity contribution in [3.63, 3.8) is 0 Å². The number of benzene rings is 3. The summed E-state index contributed by atoms with van der Waals surface area (Å²) in [6, 6.07) is 17.1. The molecule has 1 heterocycles. The van der Waals surface area contributed by atoms with Gasteiger partial charge in [0.1, 0.15) is 11.4 Å². The number of hydrogen-bond donors (Lipinski definition) is 1. The number of carbonyl (C=O) groups excluding carboxylic acids is 1. The molecule has 4 aromatic rings. The van der Waals surface area contributed by atoms with Crippen molar-refractivity contribution in [1.82, 2.24) is 9.78 Å². The first-order chi connectivity index (χ1) is 17.7. The van der Waals surface area contributed by atoms with Crippen molar-refractivity contribution in [3.8, 4) is 17.0 Å². The molecule has 0 aliphatic carbocycles. The van der Waals surface area contributed by atoms with Gasteiger partial charge in [0, 0.05) is 41.2 Å². The van der Waals surface area contributed by atoms with Crippen LogP contribution in [-0.4, -0.2) is 35.5 Å². The van der Waals surface area contributed by atoms with E-state index in [1.165, 1.54) is 47.4 Å². The number of aryl methyl sites for hydroxylation is 1. The molecule has 0 saturated heterocycles. The smallest absolute Gasteiger partial charge is 0.433 e. The Bertz CT molecular complexity index is 1620. The number of halogens is 4. The number of phenolic OH excluding ortho intramolecular Hbond substituents is 1. The largest absolute Gasteiger partial charge is 0.507 e. The molecule has 1 N–H and O–H groups in total. The molecule has 0 fully saturated rings. The van der Waals surface area contributed by atoms with E-state index in [0.29, 0.717) is 15.3 Å². The maximum Gasteiger partial charge on any atom is 0.433 e. The van der Waals surface area contributed by atoms with Crippen molar-refractivity contribution < 1.29 is 31.5 Å². The molecule has 1 amide bonds. The molecule has 7 nitrogen and oxygen atoms in total. The number of rotatable bonds is 6. The van der Waals surface area contributed by atoms with Crippen LogP contribution >= 0.6 is 11.6 Å². The topological polar surface area (TPSA) is 92.5 Å². The van der Waals surface area contributed by atoms with Gasteiger partial charge in [-0.05, 0) is 54.1 Å². The van der Waals surface area contributed by atoms with Gasteiger partial charge in [0.25, 0.3) is 5.91 Å². The van der Waals surface area contributed by atoms with Crippen LogP contribution < -0.4 is 4.90 Å². The molecule has 0 bridgehead atoms. The van der Waals surface area contributed by atoms with Crippen molar-refractivity contribution in [2.24, 2.45) is 7.05 Å². The van der Waals surface area contributed by atoms with Crippen molar-refractivity contribution in [2.45, 2.75) is 17.6 Å². The fraction of sp³-hybridized carbons (Fsp3) is 0.154. The minimum Gasteiger partial charge on any atom is -0.507 e. The maximum absolute atomic E-state index is 13.6. The van der Waals surface area contributed by atoms with Crippen LogP contribution in [-0.2, 0) is 29.6 Å². The molecule has 0 atom stereocenters. The molecule has 0 spiro atoms. The van der Waals surface area contributed by atoms with Gasteiger partial charge in [0.05, 0.1) is 17.1 Å². The molecule has 12 heteroatoms. The van der Waals surface area contributed by atoms with Crippen LogP contribution in [0.15, 0.2) is 77.7 Å². The maximum atomic E-state index is 13.6. The summed E-state index contributed by atoms with van der Waals surface area (Å²) in [5.74, 6) is -0.956. The predicted octanol–water partition coefficient (Wildman–Crippen LogP) is 5.72. The van der Waals surface area contributed by atoms with Gasteiger partial charge in [-0.1, -0.05) is 29.8 Å². The van der Waals surface area contributed by atoms with E-state index >= 15 is 0 Å². The van der Waals surface area contributed by atoms with Gasteiger partial charge < -0.3 is 10.0 Å². The average Bonchev–Trinajstić information content (AvgIpc) is 3.24. The zero-order valence-electron chi connectivity index (χ0n) is 20.1. The molecule has 0 saturated carbocycles. The predicted molar refractivity (Wildman–Crippen MR) is 137 cm³/mol. The Morgan fingerprint density at radius 3 is 2.32 bits per heavy atom. The van der Waals surface area contributed by atoms with Crippen molar-refractivity contribution in [3.05, 3.63) is 94.6 Å². The zero-order chi connectivity index (χ0) is 27.8. The number of alkyl halides is 3. The van der Waals surface area contributed by atoms with E-state index in [4.69, 9.17) is 11.6 Å². The van der Waals surface area contributed by atoms with E-state index < -0.39 is 33.4 Å². The standard InChI is InChI=1S/C26H21ClF3N3O4S/c1-32-24(26(28,29)30)14-22(31-32)21-11-10-19(13-23(21)34)33(15-16-6-8-18(27)9-7-16)25(35)17-4-3-5-20(12-17)38(2,36)37/h3-14,34H,15H2,1-2H3. The molecule has 1 aromatic heterocycles. The van der Waals surface area contributed by atoms with Crippen molar-refractivity contribution in [1.29, 1.82) is 0 Å². The fourth-order valence-electron chi connectivity index (χ4n) is 3.84. The Kier molecular flexibility index (Phi) is 7.26. The molecule has 3 aromatic carbocycles. The number of anilines is 1. The molecule has 0 aliphatic heterocycles. The summed E-state index contributed by atoms with van der Waals surface area (Å²) in [6.07, 6.45) is -3.60. The first kappa shape index (κ1) is 27.2. The lowest BCUT2D eigenvalue weighted by Crippen LogP contribution is -2.30. The second-order valence-electron chi connectivity index (χ2n) is 8.56. The number of phenols is 1. The highest BCUT2D eigenvalue weighted by Crippen LogP contribution is 2.37. The number of sulfone groups is 1. The third kappa shape index (κ3) is 5.84. The number of aromatic nitrogens is 2. The highest BCUT2D eigenvalue weighted by molar-refractivity contribution is 7.90. The Hall–Kier alpha value is -3.83. The van der Waals surface area contributed by atoms with Gasteiger partial charge in [0.2, 0.25) is 0 Å². The summed E-state index contributed by atoms with van der Waals surface area (Å²) in [6.45, 7) is 0.0275. The van der Waals surface area contributed by atoms with Crippen LogP contribution in [0.25, 0.3) is 11.3 Å². The minimum atomic E-state index is -4.63. The van der Waals surface area contributed by atoms with Gasteiger partial charge in [0.15, 0.2) is 9.84 Å². The monoisotopic (exact) mass is 563 g/mol. The first-order valence-electron chi connectivity index (χ1n) is 11.0. The van der Waals surface area contributed by atoms with Gasteiger partial charge in [-0.2, -0.15) is 18.3 Å². The molecule has 0 unspecified atom stereocenters. The highest BCUT2D eigenvalue weighted by atomic mass is 35.5. The van der Waals surface area contributed by atoms with Crippen LogP contribution in [0.1, 0.15) is 21.6 Å². The second-order valence-corrected chi connectivity index (χ2v) is 11.0. The Labute approximate surface area is 221 Å². The van der Waals surface area contributed by atoms with Crippen LogP contribution in [0.3, 0.4) is 0 Å². The molecular formula is C26H21ClF3N3O4S. The fourth-order valence-corrected chi connectivity index (χ4v) is 4.63. The summed E-state index contributed by atoms with van der Waals surface area (Å²) < 4.78 is 64.4.